The number of rotatable bonds is 4. The van der Waals surface area contributed by atoms with Gasteiger partial charge in [0, 0.05) is 5.56 Å². The van der Waals surface area contributed by atoms with Gasteiger partial charge in [-0.15, -0.1) is 0 Å². The second-order valence-electron chi connectivity index (χ2n) is 4.07. The summed E-state index contributed by atoms with van der Waals surface area (Å²) in [6, 6.07) is 13.9. The third kappa shape index (κ3) is 3.65. The van der Waals surface area contributed by atoms with Crippen LogP contribution in [0.5, 0.6) is 5.75 Å². The predicted octanol–water partition coefficient (Wildman–Crippen LogP) is 4.80. The number of methoxy groups -OCH3 is 1. The van der Waals surface area contributed by atoms with Crippen molar-refractivity contribution in [1.29, 1.82) is 0 Å². The standard InChI is InChI=1S/C16H14F2O/c1-19-15-10-6-13(7-11-15)3-2-12-4-8-14(9-5-12)16(17)18/h2-11,16H,1H3. The molecule has 0 aliphatic rings. The normalized spacial score (nSPS) is 11.2. The Kier molecular flexibility index (Phi) is 4.29. The monoisotopic (exact) mass is 260 g/mol. The third-order valence-corrected chi connectivity index (χ3v) is 2.77. The zero-order chi connectivity index (χ0) is 13.7. The molecule has 0 radical (unpaired) electrons. The van der Waals surface area contributed by atoms with E-state index in [2.05, 4.69) is 0 Å². The van der Waals surface area contributed by atoms with Crippen LogP contribution < -0.4 is 4.74 Å². The van der Waals surface area contributed by atoms with E-state index in [0.717, 1.165) is 16.9 Å². The van der Waals surface area contributed by atoms with Gasteiger partial charge in [0.25, 0.3) is 6.43 Å². The lowest BCUT2D eigenvalue weighted by Crippen LogP contribution is -1.83. The molecule has 0 aliphatic carbocycles. The molecule has 1 nitrogen and oxygen atoms in total. The van der Waals surface area contributed by atoms with Crippen LogP contribution >= 0.6 is 0 Å². The second-order valence-corrected chi connectivity index (χ2v) is 4.07. The molecule has 0 heterocycles. The van der Waals surface area contributed by atoms with Gasteiger partial charge in [0.2, 0.25) is 0 Å². The molecule has 2 aromatic rings. The van der Waals surface area contributed by atoms with Crippen molar-refractivity contribution in [2.75, 3.05) is 7.11 Å². The predicted molar refractivity (Wildman–Crippen MR) is 73.3 cm³/mol. The molecule has 2 rings (SSSR count). The summed E-state index contributed by atoms with van der Waals surface area (Å²) in [6.07, 6.45) is 1.40. The summed E-state index contributed by atoms with van der Waals surface area (Å²) < 4.78 is 29.9. The number of benzene rings is 2. The van der Waals surface area contributed by atoms with Crippen LogP contribution in [0, 0.1) is 0 Å². The SMILES string of the molecule is COc1ccc(C=Cc2ccc(C(F)F)cc2)cc1. The topological polar surface area (TPSA) is 9.23 Å². The van der Waals surface area contributed by atoms with E-state index in [1.807, 2.05) is 36.4 Å². The van der Waals surface area contributed by atoms with Gasteiger partial charge >= 0.3 is 0 Å². The smallest absolute Gasteiger partial charge is 0.263 e. The van der Waals surface area contributed by atoms with Gasteiger partial charge in [-0.1, -0.05) is 48.6 Å². The third-order valence-electron chi connectivity index (χ3n) is 2.77. The molecule has 0 N–H and O–H groups in total. The largest absolute Gasteiger partial charge is 0.497 e. The fourth-order valence-electron chi connectivity index (χ4n) is 1.66. The first-order chi connectivity index (χ1) is 9.19. The van der Waals surface area contributed by atoms with Crippen molar-refractivity contribution in [1.82, 2.24) is 0 Å². The van der Waals surface area contributed by atoms with Gasteiger partial charge in [0.15, 0.2) is 0 Å². The lowest BCUT2D eigenvalue weighted by molar-refractivity contribution is 0.151. The average molecular weight is 260 g/mol. The molecule has 0 spiro atoms. The molecule has 2 aromatic carbocycles. The maximum Gasteiger partial charge on any atom is 0.263 e. The molecule has 98 valence electrons. The summed E-state index contributed by atoms with van der Waals surface area (Å²) in [7, 11) is 1.62. The summed E-state index contributed by atoms with van der Waals surface area (Å²) in [4.78, 5) is 0. The molecule has 0 aliphatic heterocycles. The van der Waals surface area contributed by atoms with Crippen molar-refractivity contribution in [2.45, 2.75) is 6.43 Å². The van der Waals surface area contributed by atoms with Crippen LogP contribution in [0.3, 0.4) is 0 Å². The highest BCUT2D eigenvalue weighted by molar-refractivity contribution is 5.69. The van der Waals surface area contributed by atoms with Gasteiger partial charge in [0.05, 0.1) is 7.11 Å². The first-order valence-corrected chi connectivity index (χ1v) is 5.89. The maximum absolute atomic E-state index is 12.4. The summed E-state index contributed by atoms with van der Waals surface area (Å²) in [5.74, 6) is 0.804. The molecule has 0 aromatic heterocycles. The van der Waals surface area contributed by atoms with Gasteiger partial charge in [0.1, 0.15) is 5.75 Å². The van der Waals surface area contributed by atoms with Crippen molar-refractivity contribution in [3.8, 4) is 5.75 Å². The number of hydrogen-bond acceptors (Lipinski definition) is 1. The molecule has 0 fully saturated rings. The van der Waals surface area contributed by atoms with E-state index in [4.69, 9.17) is 4.74 Å². The maximum atomic E-state index is 12.4. The number of alkyl halides is 2. The first kappa shape index (κ1) is 13.3. The van der Waals surface area contributed by atoms with Gasteiger partial charge in [-0.3, -0.25) is 0 Å². The van der Waals surface area contributed by atoms with Crippen LogP contribution in [0.4, 0.5) is 8.78 Å². The van der Waals surface area contributed by atoms with Gasteiger partial charge in [-0.2, -0.15) is 0 Å². The van der Waals surface area contributed by atoms with E-state index in [9.17, 15) is 8.78 Å². The first-order valence-electron chi connectivity index (χ1n) is 5.89. The van der Waals surface area contributed by atoms with Gasteiger partial charge in [-0.05, 0) is 23.3 Å². The van der Waals surface area contributed by atoms with Crippen molar-refractivity contribution in [3.05, 3.63) is 65.2 Å². The number of halogens is 2. The van der Waals surface area contributed by atoms with E-state index in [1.165, 1.54) is 12.1 Å². The summed E-state index contributed by atoms with van der Waals surface area (Å²) in [6.45, 7) is 0. The lowest BCUT2D eigenvalue weighted by Gasteiger charge is -2.00. The average Bonchev–Trinajstić information content (AvgIpc) is 2.46. The molecule has 19 heavy (non-hydrogen) atoms. The van der Waals surface area contributed by atoms with Crippen LogP contribution in [-0.4, -0.2) is 7.11 Å². The van der Waals surface area contributed by atoms with E-state index in [0.29, 0.717) is 0 Å². The van der Waals surface area contributed by atoms with Crippen molar-refractivity contribution in [3.63, 3.8) is 0 Å². The second kappa shape index (κ2) is 6.14. The van der Waals surface area contributed by atoms with E-state index < -0.39 is 6.43 Å². The van der Waals surface area contributed by atoms with Crippen molar-refractivity contribution in [2.24, 2.45) is 0 Å². The number of hydrogen-bond donors (Lipinski definition) is 0. The molecule has 0 atom stereocenters. The minimum atomic E-state index is -2.42. The van der Waals surface area contributed by atoms with Crippen molar-refractivity contribution >= 4 is 12.2 Å². The minimum absolute atomic E-state index is 0.0431. The summed E-state index contributed by atoms with van der Waals surface area (Å²) in [5, 5.41) is 0. The Bertz CT molecular complexity index is 542. The molecule has 0 bridgehead atoms. The van der Waals surface area contributed by atoms with Gasteiger partial charge in [-0.25, -0.2) is 8.78 Å². The van der Waals surface area contributed by atoms with Crippen LogP contribution in [-0.2, 0) is 0 Å². The molecule has 3 heteroatoms. The van der Waals surface area contributed by atoms with Crippen LogP contribution in [0.15, 0.2) is 48.5 Å². The molecule has 0 saturated carbocycles. The summed E-state index contributed by atoms with van der Waals surface area (Å²) >= 11 is 0. The Morgan fingerprint density at radius 1 is 0.842 bits per heavy atom. The molecule has 0 unspecified atom stereocenters. The van der Waals surface area contributed by atoms with Crippen LogP contribution in [0.2, 0.25) is 0 Å². The van der Waals surface area contributed by atoms with E-state index in [-0.39, 0.29) is 5.56 Å². The van der Waals surface area contributed by atoms with Crippen LogP contribution in [0.1, 0.15) is 23.1 Å². The fraction of sp³-hybridized carbons (Fsp3) is 0.125. The highest BCUT2D eigenvalue weighted by atomic mass is 19.3. The zero-order valence-corrected chi connectivity index (χ0v) is 10.5. The Morgan fingerprint density at radius 2 is 1.32 bits per heavy atom. The highest BCUT2D eigenvalue weighted by Gasteiger charge is 2.04. The zero-order valence-electron chi connectivity index (χ0n) is 10.5. The van der Waals surface area contributed by atoms with E-state index >= 15 is 0 Å². The summed E-state index contributed by atoms with van der Waals surface area (Å²) in [5.41, 5.74) is 1.96. The molecular weight excluding hydrogens is 246 g/mol. The van der Waals surface area contributed by atoms with Crippen LogP contribution in [0.25, 0.3) is 12.2 Å². The van der Waals surface area contributed by atoms with E-state index in [1.54, 1.807) is 19.2 Å². The van der Waals surface area contributed by atoms with Gasteiger partial charge < -0.3 is 4.74 Å². The Morgan fingerprint density at radius 3 is 1.74 bits per heavy atom. The molecular formula is C16H14F2O. The van der Waals surface area contributed by atoms with Crippen molar-refractivity contribution < 1.29 is 13.5 Å². The Labute approximate surface area is 111 Å². The quantitative estimate of drug-likeness (QED) is 0.717. The number of ether oxygens (including phenoxy) is 1. The molecule has 0 saturated heterocycles. The minimum Gasteiger partial charge on any atom is -0.497 e. The molecule has 0 amide bonds. The Hall–Kier alpha value is -2.16. The Balaban J connectivity index is 2.08. The lowest BCUT2D eigenvalue weighted by atomic mass is 10.1. The fourth-order valence-corrected chi connectivity index (χ4v) is 1.66. The highest BCUT2D eigenvalue weighted by Crippen LogP contribution is 2.19.